The van der Waals surface area contributed by atoms with E-state index in [-0.39, 0.29) is 5.75 Å². The normalized spacial score (nSPS) is 12.5. The summed E-state index contributed by atoms with van der Waals surface area (Å²) >= 11 is 1.03. The third-order valence-corrected chi connectivity index (χ3v) is 6.76. The second-order valence-corrected chi connectivity index (χ2v) is 9.28. The van der Waals surface area contributed by atoms with Crippen LogP contribution in [-0.4, -0.2) is 31.6 Å². The van der Waals surface area contributed by atoms with E-state index in [1.165, 1.54) is 12.0 Å². The summed E-state index contributed by atoms with van der Waals surface area (Å²) in [5, 5.41) is 0.839. The highest BCUT2D eigenvalue weighted by Crippen LogP contribution is 2.37. The van der Waals surface area contributed by atoms with E-state index >= 15 is 0 Å². The average Bonchev–Trinajstić information content (AvgIpc) is 3.26. The number of ether oxygens (including phenoxy) is 2. The number of aryl methyl sites for hydroxylation is 1. The molecule has 0 saturated heterocycles. The molecule has 35 heavy (non-hydrogen) atoms. The van der Waals surface area contributed by atoms with Crippen molar-refractivity contribution in [3.63, 3.8) is 0 Å². The van der Waals surface area contributed by atoms with Gasteiger partial charge in [0.05, 0.1) is 18.6 Å². The molecule has 0 fully saturated rings. The van der Waals surface area contributed by atoms with Crippen LogP contribution in [0, 0.1) is 5.92 Å². The maximum atomic E-state index is 13.3. The molecule has 1 heterocycles. The summed E-state index contributed by atoms with van der Waals surface area (Å²) in [7, 11) is 1.62. The van der Waals surface area contributed by atoms with Gasteiger partial charge in [-0.25, -0.2) is 4.79 Å². The van der Waals surface area contributed by atoms with Crippen molar-refractivity contribution in [2.24, 2.45) is 5.92 Å². The Labute approximate surface area is 207 Å². The molecule has 0 aliphatic heterocycles. The summed E-state index contributed by atoms with van der Waals surface area (Å²) in [6, 6.07) is 13.3. The van der Waals surface area contributed by atoms with Crippen LogP contribution < -0.4 is 4.74 Å². The number of halogens is 3. The largest absolute Gasteiger partial charge is 0.496 e. The number of furan rings is 1. The van der Waals surface area contributed by atoms with Crippen LogP contribution in [0.4, 0.5) is 13.2 Å². The fourth-order valence-corrected chi connectivity index (χ4v) is 4.62. The number of carbonyl (C=O) groups excluding carboxylic acids is 1. The molecule has 0 amide bonds. The Kier molecular flexibility index (Phi) is 9.32. The summed E-state index contributed by atoms with van der Waals surface area (Å²) in [5.41, 5.74) is 2.59. The molecular formula is C27H29F3O4S. The number of esters is 1. The molecule has 3 rings (SSSR count). The van der Waals surface area contributed by atoms with E-state index in [4.69, 9.17) is 9.15 Å². The summed E-state index contributed by atoms with van der Waals surface area (Å²) in [4.78, 5) is 11.8. The van der Waals surface area contributed by atoms with Crippen molar-refractivity contribution < 1.29 is 31.9 Å². The van der Waals surface area contributed by atoms with Crippen LogP contribution in [0.25, 0.3) is 22.3 Å². The van der Waals surface area contributed by atoms with Crippen LogP contribution in [-0.2, 0) is 16.0 Å². The van der Waals surface area contributed by atoms with Crippen molar-refractivity contribution in [2.45, 2.75) is 43.7 Å². The van der Waals surface area contributed by atoms with E-state index in [9.17, 15) is 18.0 Å². The molecule has 0 aliphatic rings. The topological polar surface area (TPSA) is 48.7 Å². The lowest BCUT2D eigenvalue weighted by molar-refractivity contribution is -0.183. The van der Waals surface area contributed by atoms with Gasteiger partial charge in [0.2, 0.25) is 0 Å². The van der Waals surface area contributed by atoms with Crippen molar-refractivity contribution in [1.82, 2.24) is 0 Å². The van der Waals surface area contributed by atoms with Crippen LogP contribution in [0.5, 0.6) is 5.75 Å². The van der Waals surface area contributed by atoms with Gasteiger partial charge >= 0.3 is 12.1 Å². The van der Waals surface area contributed by atoms with Gasteiger partial charge < -0.3 is 13.9 Å². The number of hydrogen-bond acceptors (Lipinski definition) is 5. The van der Waals surface area contributed by atoms with Gasteiger partial charge in [-0.05, 0) is 54.8 Å². The Bertz CT molecular complexity index is 1150. The standard InChI is InChI=1S/C27H29F3O4S/c1-4-6-7-8-18-9-12-22(24(13-18)32-3)25-14-19-10-11-21(15-23(19)34-25)35-17-20(27(28,29)30)16-33-26(31)5-2/h5,9-15,20H,2,4,6-8,16-17H2,1,3H3. The molecule has 0 aliphatic carbocycles. The Morgan fingerprint density at radius 1 is 1.17 bits per heavy atom. The number of rotatable bonds is 12. The van der Waals surface area contributed by atoms with Gasteiger partial charge in [0.1, 0.15) is 23.7 Å². The lowest BCUT2D eigenvalue weighted by atomic mass is 10.0. The molecule has 0 bridgehead atoms. The average molecular weight is 507 g/mol. The van der Waals surface area contributed by atoms with Crippen LogP contribution in [0.1, 0.15) is 31.7 Å². The molecule has 0 N–H and O–H groups in total. The van der Waals surface area contributed by atoms with Crippen LogP contribution >= 0.6 is 11.8 Å². The van der Waals surface area contributed by atoms with E-state index < -0.39 is 24.7 Å². The highest BCUT2D eigenvalue weighted by atomic mass is 32.2. The number of thioether (sulfide) groups is 1. The summed E-state index contributed by atoms with van der Waals surface area (Å²) in [5.74, 6) is -1.61. The van der Waals surface area contributed by atoms with Crippen LogP contribution in [0.2, 0.25) is 0 Å². The van der Waals surface area contributed by atoms with Gasteiger partial charge in [-0.1, -0.05) is 32.4 Å². The number of fused-ring (bicyclic) bond motifs is 1. The molecule has 188 valence electrons. The quantitative estimate of drug-likeness (QED) is 0.108. The molecule has 0 spiro atoms. The van der Waals surface area contributed by atoms with E-state index in [2.05, 4.69) is 24.3 Å². The van der Waals surface area contributed by atoms with Crippen molar-refractivity contribution in [3.05, 3.63) is 60.7 Å². The molecule has 0 saturated carbocycles. The van der Waals surface area contributed by atoms with Crippen molar-refractivity contribution in [3.8, 4) is 17.1 Å². The number of benzene rings is 2. The molecule has 3 aromatic rings. The molecule has 1 unspecified atom stereocenters. The van der Waals surface area contributed by atoms with Crippen molar-refractivity contribution in [2.75, 3.05) is 19.5 Å². The molecular weight excluding hydrogens is 477 g/mol. The summed E-state index contributed by atoms with van der Waals surface area (Å²) in [6.45, 7) is 4.62. The first-order chi connectivity index (χ1) is 16.7. The second kappa shape index (κ2) is 12.2. The van der Waals surface area contributed by atoms with Gasteiger partial charge in [0.15, 0.2) is 0 Å². The number of methoxy groups -OCH3 is 1. The molecule has 0 radical (unpaired) electrons. The van der Waals surface area contributed by atoms with Crippen LogP contribution in [0.15, 0.2) is 64.4 Å². The molecule has 4 nitrogen and oxygen atoms in total. The zero-order chi connectivity index (χ0) is 25.4. The van der Waals surface area contributed by atoms with E-state index in [0.717, 1.165) is 53.8 Å². The van der Waals surface area contributed by atoms with Gasteiger partial charge in [-0.15, -0.1) is 11.8 Å². The molecule has 1 atom stereocenters. The first-order valence-corrected chi connectivity index (χ1v) is 12.4. The van der Waals surface area contributed by atoms with E-state index in [1.807, 2.05) is 24.3 Å². The smallest absolute Gasteiger partial charge is 0.395 e. The van der Waals surface area contributed by atoms with Crippen molar-refractivity contribution >= 4 is 28.7 Å². The minimum Gasteiger partial charge on any atom is -0.496 e. The predicted molar refractivity (Wildman–Crippen MR) is 133 cm³/mol. The van der Waals surface area contributed by atoms with Gasteiger partial charge in [-0.3, -0.25) is 0 Å². The first-order valence-electron chi connectivity index (χ1n) is 11.4. The lowest BCUT2D eigenvalue weighted by Gasteiger charge is -2.19. The molecule has 1 aromatic heterocycles. The SMILES string of the molecule is C=CC(=O)OCC(CSc1ccc2cc(-c3ccc(CCCCC)cc3OC)oc2c1)C(F)(F)F. The summed E-state index contributed by atoms with van der Waals surface area (Å²) < 4.78 is 56.3. The Morgan fingerprint density at radius 2 is 1.97 bits per heavy atom. The minimum absolute atomic E-state index is 0.291. The highest BCUT2D eigenvalue weighted by molar-refractivity contribution is 7.99. The minimum atomic E-state index is -4.49. The third kappa shape index (κ3) is 7.31. The predicted octanol–water partition coefficient (Wildman–Crippen LogP) is 7.84. The van der Waals surface area contributed by atoms with Gasteiger partial charge in [-0.2, -0.15) is 13.2 Å². The molecule has 8 heteroatoms. The Balaban J connectivity index is 1.75. The van der Waals surface area contributed by atoms with E-state index in [1.54, 1.807) is 19.2 Å². The lowest BCUT2D eigenvalue weighted by Crippen LogP contribution is -2.30. The second-order valence-electron chi connectivity index (χ2n) is 8.19. The monoisotopic (exact) mass is 506 g/mol. The van der Waals surface area contributed by atoms with Gasteiger partial charge in [0, 0.05) is 22.1 Å². The highest BCUT2D eigenvalue weighted by Gasteiger charge is 2.40. The first kappa shape index (κ1) is 26.7. The van der Waals surface area contributed by atoms with Crippen molar-refractivity contribution in [1.29, 1.82) is 0 Å². The number of carbonyl (C=O) groups is 1. The Morgan fingerprint density at radius 3 is 2.66 bits per heavy atom. The summed E-state index contributed by atoms with van der Waals surface area (Å²) in [6.07, 6.45) is 0.798. The fourth-order valence-electron chi connectivity index (χ4n) is 3.58. The maximum absolute atomic E-state index is 13.3. The zero-order valence-electron chi connectivity index (χ0n) is 19.8. The Hall–Kier alpha value is -2.87. The number of unbranched alkanes of at least 4 members (excludes halogenated alkanes) is 2. The fraction of sp³-hybridized carbons (Fsp3) is 0.370. The number of alkyl halides is 3. The number of hydrogen-bond donors (Lipinski definition) is 0. The zero-order valence-corrected chi connectivity index (χ0v) is 20.6. The third-order valence-electron chi connectivity index (χ3n) is 5.60. The van der Waals surface area contributed by atoms with Gasteiger partial charge in [0.25, 0.3) is 0 Å². The van der Waals surface area contributed by atoms with Crippen LogP contribution in [0.3, 0.4) is 0 Å². The van der Waals surface area contributed by atoms with E-state index in [0.29, 0.717) is 16.2 Å². The maximum Gasteiger partial charge on any atom is 0.395 e. The molecule has 2 aromatic carbocycles.